The molecule has 1 aliphatic carbocycles. The zero-order valence-corrected chi connectivity index (χ0v) is 22.8. The molecule has 8 heteroatoms. The molecule has 0 spiro atoms. The summed E-state index contributed by atoms with van der Waals surface area (Å²) in [5, 5.41) is 5.71. The van der Waals surface area contributed by atoms with E-state index in [4.69, 9.17) is 15.1 Å². The Hall–Kier alpha value is -3.81. The number of hydrogen-bond donors (Lipinski definition) is 0. The number of nitrogens with zero attached hydrogens (tertiary/aromatic N) is 6. The van der Waals surface area contributed by atoms with E-state index in [1.807, 2.05) is 30.0 Å². The van der Waals surface area contributed by atoms with Crippen molar-refractivity contribution in [2.45, 2.75) is 46.0 Å². The minimum Gasteiger partial charge on any atom is -0.352 e. The van der Waals surface area contributed by atoms with Gasteiger partial charge in [0.25, 0.3) is 0 Å². The molecule has 0 bridgehead atoms. The molecule has 4 aromatic rings. The van der Waals surface area contributed by atoms with Crippen LogP contribution in [0, 0.1) is 24.6 Å². The van der Waals surface area contributed by atoms with E-state index in [1.54, 1.807) is 16.8 Å². The zero-order chi connectivity index (χ0) is 27.1. The van der Waals surface area contributed by atoms with Crippen molar-refractivity contribution in [2.75, 3.05) is 31.1 Å². The molecule has 3 heterocycles. The van der Waals surface area contributed by atoms with Gasteiger partial charge in [-0.1, -0.05) is 44.2 Å². The van der Waals surface area contributed by atoms with Gasteiger partial charge in [-0.2, -0.15) is 5.10 Å². The maximum Gasteiger partial charge on any atom is 0.226 e. The second kappa shape index (κ2) is 10.4. The van der Waals surface area contributed by atoms with Crippen molar-refractivity contribution in [3.8, 4) is 5.69 Å². The highest BCUT2D eigenvalue weighted by Gasteiger charge is 2.46. The summed E-state index contributed by atoms with van der Waals surface area (Å²) in [5.41, 5.74) is 3.61. The molecular weight excluding hydrogens is 491 g/mol. The summed E-state index contributed by atoms with van der Waals surface area (Å²) in [4.78, 5) is 27.6. The molecule has 1 aliphatic heterocycles. The molecule has 0 N–H and O–H groups in total. The van der Waals surface area contributed by atoms with Gasteiger partial charge in [0.2, 0.25) is 5.91 Å². The van der Waals surface area contributed by atoms with Gasteiger partial charge in [0.1, 0.15) is 17.5 Å². The van der Waals surface area contributed by atoms with Crippen LogP contribution in [-0.2, 0) is 11.2 Å². The van der Waals surface area contributed by atoms with Crippen LogP contribution in [-0.4, -0.2) is 56.7 Å². The van der Waals surface area contributed by atoms with Crippen molar-refractivity contribution in [1.29, 1.82) is 0 Å². The first kappa shape index (κ1) is 25.5. The molecule has 1 saturated carbocycles. The smallest absolute Gasteiger partial charge is 0.226 e. The topological polar surface area (TPSA) is 67.2 Å². The molecular formula is C31H35FN6O. The first-order valence-electron chi connectivity index (χ1n) is 14.0. The average molecular weight is 527 g/mol. The van der Waals surface area contributed by atoms with Gasteiger partial charge in [0.05, 0.1) is 16.8 Å². The Balaban J connectivity index is 1.25. The number of carbonyl (C=O) groups excluding carboxylic acids is 1. The normalized spacial score (nSPS) is 19.2. The van der Waals surface area contributed by atoms with Crippen LogP contribution >= 0.6 is 0 Å². The van der Waals surface area contributed by atoms with Crippen molar-refractivity contribution < 1.29 is 9.18 Å². The Morgan fingerprint density at radius 3 is 2.41 bits per heavy atom. The largest absolute Gasteiger partial charge is 0.352 e. The van der Waals surface area contributed by atoms with Crippen LogP contribution in [0.4, 0.5) is 10.2 Å². The molecule has 6 rings (SSSR count). The number of hydrogen-bond acceptors (Lipinski definition) is 5. The first-order chi connectivity index (χ1) is 18.9. The fourth-order valence-electron chi connectivity index (χ4n) is 5.64. The summed E-state index contributed by atoms with van der Waals surface area (Å²) in [7, 11) is 0. The van der Waals surface area contributed by atoms with Crippen molar-refractivity contribution in [1.82, 2.24) is 24.6 Å². The number of anilines is 1. The molecule has 0 unspecified atom stereocenters. The lowest BCUT2D eigenvalue weighted by Gasteiger charge is -2.36. The average Bonchev–Trinajstić information content (AvgIpc) is 3.69. The Morgan fingerprint density at radius 1 is 1.00 bits per heavy atom. The van der Waals surface area contributed by atoms with E-state index in [-0.39, 0.29) is 17.6 Å². The van der Waals surface area contributed by atoms with Gasteiger partial charge >= 0.3 is 0 Å². The third-order valence-corrected chi connectivity index (χ3v) is 7.97. The molecule has 2 aromatic heterocycles. The third kappa shape index (κ3) is 5.12. The number of piperazine rings is 1. The summed E-state index contributed by atoms with van der Waals surface area (Å²) >= 11 is 0. The van der Waals surface area contributed by atoms with Gasteiger partial charge in [-0.05, 0) is 61.4 Å². The molecule has 0 radical (unpaired) electrons. The van der Waals surface area contributed by atoms with E-state index in [9.17, 15) is 9.18 Å². The number of carbonyl (C=O) groups is 1. The minimum absolute atomic E-state index is 0.100. The van der Waals surface area contributed by atoms with Crippen LogP contribution in [0.15, 0.2) is 54.6 Å². The maximum absolute atomic E-state index is 13.6. The van der Waals surface area contributed by atoms with Crippen LogP contribution in [0.2, 0.25) is 0 Å². The van der Waals surface area contributed by atoms with Crippen molar-refractivity contribution >= 4 is 22.8 Å². The number of aromatic nitrogens is 4. The molecule has 1 amide bonds. The van der Waals surface area contributed by atoms with Gasteiger partial charge in [-0.15, -0.1) is 0 Å². The van der Waals surface area contributed by atoms with E-state index < -0.39 is 0 Å². The Labute approximate surface area is 228 Å². The summed E-state index contributed by atoms with van der Waals surface area (Å²) in [6, 6.07) is 16.7. The number of fused-ring (bicyclic) bond motifs is 1. The molecule has 2 aliphatic rings. The van der Waals surface area contributed by atoms with Crippen molar-refractivity contribution in [2.24, 2.45) is 11.8 Å². The van der Waals surface area contributed by atoms with E-state index in [0.29, 0.717) is 38.0 Å². The molecule has 2 atom stereocenters. The van der Waals surface area contributed by atoms with Crippen molar-refractivity contribution in [3.63, 3.8) is 0 Å². The predicted octanol–water partition coefficient (Wildman–Crippen LogP) is 5.30. The Morgan fingerprint density at radius 2 is 1.72 bits per heavy atom. The molecule has 39 heavy (non-hydrogen) atoms. The quantitative estimate of drug-likeness (QED) is 0.327. The molecule has 202 valence electrons. The van der Waals surface area contributed by atoms with Crippen LogP contribution < -0.4 is 4.90 Å². The lowest BCUT2D eigenvalue weighted by molar-refractivity contribution is -0.133. The Kier molecular flexibility index (Phi) is 6.79. The van der Waals surface area contributed by atoms with Crippen LogP contribution in [0.3, 0.4) is 0 Å². The molecule has 2 aromatic carbocycles. The second-order valence-corrected chi connectivity index (χ2v) is 11.2. The van der Waals surface area contributed by atoms with E-state index in [1.165, 1.54) is 17.7 Å². The van der Waals surface area contributed by atoms with E-state index >= 15 is 0 Å². The third-order valence-electron chi connectivity index (χ3n) is 7.97. The van der Waals surface area contributed by atoms with Gasteiger partial charge in [-0.3, -0.25) is 4.79 Å². The van der Waals surface area contributed by atoms with E-state index in [0.717, 1.165) is 53.3 Å². The lowest BCUT2D eigenvalue weighted by atomic mass is 10.1. The number of rotatable bonds is 7. The highest BCUT2D eigenvalue weighted by atomic mass is 19.1. The lowest BCUT2D eigenvalue weighted by Crippen LogP contribution is -2.49. The SMILES string of the molecule is Cc1nn(-c2ccc(F)cc2)c2nc(CCC(C)C)nc(N3CCN(C(=O)[C@H]4C[C@H]4c4ccccc4)CC3)c12. The maximum atomic E-state index is 13.6. The molecule has 7 nitrogen and oxygen atoms in total. The number of benzene rings is 2. The Bertz CT molecular complexity index is 1470. The van der Waals surface area contributed by atoms with Gasteiger partial charge in [0, 0.05) is 38.5 Å². The number of aryl methyl sites for hydroxylation is 2. The predicted molar refractivity (Wildman–Crippen MR) is 151 cm³/mol. The van der Waals surface area contributed by atoms with Crippen LogP contribution in [0.5, 0.6) is 0 Å². The first-order valence-corrected chi connectivity index (χ1v) is 14.0. The van der Waals surface area contributed by atoms with Gasteiger partial charge in [0.15, 0.2) is 5.65 Å². The summed E-state index contributed by atoms with van der Waals surface area (Å²) < 4.78 is 15.4. The van der Waals surface area contributed by atoms with Gasteiger partial charge in [-0.25, -0.2) is 19.0 Å². The summed E-state index contributed by atoms with van der Waals surface area (Å²) in [5.74, 6) is 2.64. The van der Waals surface area contributed by atoms with Crippen LogP contribution in [0.1, 0.15) is 49.7 Å². The highest BCUT2D eigenvalue weighted by molar-refractivity contribution is 5.91. The molecule has 2 fully saturated rings. The van der Waals surface area contributed by atoms with Crippen LogP contribution in [0.25, 0.3) is 16.7 Å². The fourth-order valence-corrected chi connectivity index (χ4v) is 5.64. The standard InChI is InChI=1S/C31H35FN6O/c1-20(2)9-14-27-33-29(28-21(3)35-38(30(28)34-27)24-12-10-23(32)11-13-24)36-15-17-37(18-16-36)31(39)26-19-25(26)22-7-5-4-6-8-22/h4-8,10-13,20,25-26H,9,14-19H2,1-3H3/t25-,26-/m0/s1. The fraction of sp³-hybridized carbons (Fsp3) is 0.419. The minimum atomic E-state index is -0.284. The zero-order valence-electron chi connectivity index (χ0n) is 22.8. The summed E-state index contributed by atoms with van der Waals surface area (Å²) in [6.07, 6.45) is 2.70. The van der Waals surface area contributed by atoms with Crippen molar-refractivity contribution in [3.05, 3.63) is 77.5 Å². The number of halogens is 1. The summed E-state index contributed by atoms with van der Waals surface area (Å²) in [6.45, 7) is 9.15. The number of amides is 1. The second-order valence-electron chi connectivity index (χ2n) is 11.2. The van der Waals surface area contributed by atoms with Gasteiger partial charge < -0.3 is 9.80 Å². The molecule has 1 saturated heterocycles. The monoisotopic (exact) mass is 526 g/mol. The van der Waals surface area contributed by atoms with E-state index in [2.05, 4.69) is 30.9 Å². The highest BCUT2D eigenvalue weighted by Crippen LogP contribution is 2.48.